The lowest BCUT2D eigenvalue weighted by molar-refractivity contribution is 0.111. The summed E-state index contributed by atoms with van der Waals surface area (Å²) in [7, 11) is 1.67. The molecule has 0 aliphatic rings. The number of carbonyl (C=O) groups is 1. The highest BCUT2D eigenvalue weighted by atomic mass is 32.1. The van der Waals surface area contributed by atoms with Gasteiger partial charge in [0.05, 0.1) is 12.8 Å². The molecule has 0 radical (unpaired) electrons. The first-order valence-electron chi connectivity index (χ1n) is 8.85. The van der Waals surface area contributed by atoms with Gasteiger partial charge in [0.2, 0.25) is 0 Å². The molecule has 0 unspecified atom stereocenters. The van der Waals surface area contributed by atoms with Crippen molar-refractivity contribution in [3.05, 3.63) is 64.7 Å². The number of aldehydes is 1. The van der Waals surface area contributed by atoms with Crippen molar-refractivity contribution in [1.29, 1.82) is 0 Å². The highest BCUT2D eigenvalue weighted by Gasteiger charge is 2.18. The maximum absolute atomic E-state index is 12.0. The SMILES string of the molecule is CCc1ccc(-c2nc3scc(-c4ccc(OC)c(C)c4)n3c2C=O)cc1. The highest BCUT2D eigenvalue weighted by molar-refractivity contribution is 7.15. The minimum Gasteiger partial charge on any atom is -0.496 e. The predicted octanol–water partition coefficient (Wildman–Crippen LogP) is 5.42. The van der Waals surface area contributed by atoms with Crippen LogP contribution in [0.15, 0.2) is 47.8 Å². The molecule has 0 saturated heterocycles. The summed E-state index contributed by atoms with van der Waals surface area (Å²) in [5, 5.41) is 2.04. The lowest BCUT2D eigenvalue weighted by atomic mass is 10.1. The van der Waals surface area contributed by atoms with Gasteiger partial charge in [0.1, 0.15) is 17.1 Å². The number of carbonyl (C=O) groups excluding carboxylic acids is 1. The van der Waals surface area contributed by atoms with Crippen LogP contribution in [0, 0.1) is 6.92 Å². The second-order valence-electron chi connectivity index (χ2n) is 6.44. The Morgan fingerprint density at radius 3 is 2.52 bits per heavy atom. The van der Waals surface area contributed by atoms with Crippen LogP contribution < -0.4 is 4.74 Å². The second kappa shape index (κ2) is 7.00. The van der Waals surface area contributed by atoms with Gasteiger partial charge in [-0.3, -0.25) is 9.20 Å². The van der Waals surface area contributed by atoms with Crippen molar-refractivity contribution in [2.45, 2.75) is 20.3 Å². The quantitative estimate of drug-likeness (QED) is 0.437. The molecule has 0 saturated carbocycles. The molecule has 136 valence electrons. The summed E-state index contributed by atoms with van der Waals surface area (Å²) in [6.07, 6.45) is 1.88. The number of aryl methyl sites for hydroxylation is 2. The molecule has 0 aliphatic carbocycles. The molecule has 0 atom stereocenters. The van der Waals surface area contributed by atoms with Crippen molar-refractivity contribution in [2.24, 2.45) is 0 Å². The minimum absolute atomic E-state index is 0.582. The lowest BCUT2D eigenvalue weighted by Crippen LogP contribution is -1.95. The number of hydrogen-bond donors (Lipinski definition) is 0. The standard InChI is InChI=1S/C22H20N2O2S/c1-4-15-5-7-16(8-6-15)21-18(12-25)24-19(13-27-22(24)23-21)17-9-10-20(26-3)14(2)11-17/h5-13H,4H2,1-3H3. The van der Waals surface area contributed by atoms with Crippen LogP contribution in [0.4, 0.5) is 0 Å². The largest absolute Gasteiger partial charge is 0.496 e. The summed E-state index contributed by atoms with van der Waals surface area (Å²) in [6.45, 7) is 4.14. The van der Waals surface area contributed by atoms with E-state index in [0.717, 1.165) is 51.5 Å². The van der Waals surface area contributed by atoms with Crippen LogP contribution >= 0.6 is 11.3 Å². The molecule has 4 aromatic rings. The Morgan fingerprint density at radius 1 is 1.15 bits per heavy atom. The van der Waals surface area contributed by atoms with Crippen molar-refractivity contribution in [3.8, 4) is 28.3 Å². The highest BCUT2D eigenvalue weighted by Crippen LogP contribution is 2.34. The van der Waals surface area contributed by atoms with Crippen LogP contribution in [-0.2, 0) is 6.42 Å². The second-order valence-corrected chi connectivity index (χ2v) is 7.27. The predicted molar refractivity (Wildman–Crippen MR) is 110 cm³/mol. The summed E-state index contributed by atoms with van der Waals surface area (Å²) < 4.78 is 7.30. The number of imidazole rings is 1. The molecule has 0 N–H and O–H groups in total. The summed E-state index contributed by atoms with van der Waals surface area (Å²) in [5.41, 5.74) is 6.59. The Morgan fingerprint density at radius 2 is 1.89 bits per heavy atom. The van der Waals surface area contributed by atoms with E-state index in [2.05, 4.69) is 25.1 Å². The summed E-state index contributed by atoms with van der Waals surface area (Å²) in [6, 6.07) is 14.3. The van der Waals surface area contributed by atoms with Crippen LogP contribution in [0.5, 0.6) is 5.75 Å². The normalized spacial score (nSPS) is 11.1. The number of nitrogens with zero attached hydrogens (tertiary/aromatic N) is 2. The van der Waals surface area contributed by atoms with Crippen LogP contribution in [0.2, 0.25) is 0 Å². The molecule has 2 aromatic heterocycles. The molecule has 27 heavy (non-hydrogen) atoms. The zero-order valence-electron chi connectivity index (χ0n) is 15.5. The first-order chi connectivity index (χ1) is 13.2. The Bertz CT molecular complexity index is 1120. The monoisotopic (exact) mass is 376 g/mol. The van der Waals surface area contributed by atoms with Gasteiger partial charge in [-0.1, -0.05) is 31.2 Å². The fraction of sp³-hybridized carbons (Fsp3) is 0.182. The molecule has 2 aromatic carbocycles. The number of methoxy groups -OCH3 is 1. The Hall–Kier alpha value is -2.92. The molecule has 0 aliphatic heterocycles. The van der Waals surface area contributed by atoms with Gasteiger partial charge in [-0.25, -0.2) is 4.98 Å². The minimum atomic E-state index is 0.582. The third kappa shape index (κ3) is 2.94. The van der Waals surface area contributed by atoms with Crippen LogP contribution in [0.1, 0.15) is 28.5 Å². The Kier molecular flexibility index (Phi) is 4.54. The van der Waals surface area contributed by atoms with Crippen LogP contribution in [-0.4, -0.2) is 22.8 Å². The molecular weight excluding hydrogens is 356 g/mol. The van der Waals surface area contributed by atoms with E-state index in [9.17, 15) is 4.79 Å². The smallest absolute Gasteiger partial charge is 0.195 e. The average Bonchev–Trinajstić information content (AvgIpc) is 3.27. The Balaban J connectivity index is 1.88. The van der Waals surface area contributed by atoms with E-state index in [-0.39, 0.29) is 0 Å². The zero-order valence-corrected chi connectivity index (χ0v) is 16.3. The first kappa shape index (κ1) is 17.5. The molecule has 0 bridgehead atoms. The van der Waals surface area contributed by atoms with Crippen LogP contribution in [0.3, 0.4) is 0 Å². The van der Waals surface area contributed by atoms with E-state index in [1.165, 1.54) is 16.9 Å². The van der Waals surface area contributed by atoms with Gasteiger partial charge in [0.15, 0.2) is 11.2 Å². The number of aromatic nitrogens is 2. The van der Waals surface area contributed by atoms with Crippen molar-refractivity contribution in [1.82, 2.24) is 9.38 Å². The number of benzene rings is 2. The van der Waals surface area contributed by atoms with Gasteiger partial charge in [0, 0.05) is 10.9 Å². The van der Waals surface area contributed by atoms with Crippen molar-refractivity contribution in [2.75, 3.05) is 7.11 Å². The van der Waals surface area contributed by atoms with Crippen molar-refractivity contribution in [3.63, 3.8) is 0 Å². The van der Waals surface area contributed by atoms with Gasteiger partial charge < -0.3 is 4.74 Å². The number of rotatable bonds is 5. The zero-order chi connectivity index (χ0) is 19.0. The number of fused-ring (bicyclic) bond motifs is 1. The first-order valence-corrected chi connectivity index (χ1v) is 9.73. The third-order valence-corrected chi connectivity index (χ3v) is 5.66. The fourth-order valence-corrected chi connectivity index (χ4v) is 4.24. The molecule has 0 amide bonds. The molecule has 4 rings (SSSR count). The van der Waals surface area contributed by atoms with E-state index in [4.69, 9.17) is 9.72 Å². The van der Waals surface area contributed by atoms with E-state index >= 15 is 0 Å². The average molecular weight is 376 g/mol. The topological polar surface area (TPSA) is 43.6 Å². The fourth-order valence-electron chi connectivity index (χ4n) is 3.34. The van der Waals surface area contributed by atoms with E-state index in [0.29, 0.717) is 5.69 Å². The maximum Gasteiger partial charge on any atom is 0.195 e. The molecular formula is C22H20N2O2S. The van der Waals surface area contributed by atoms with E-state index in [1.54, 1.807) is 7.11 Å². The van der Waals surface area contributed by atoms with Gasteiger partial charge in [-0.2, -0.15) is 0 Å². The maximum atomic E-state index is 12.0. The summed E-state index contributed by atoms with van der Waals surface area (Å²) in [5.74, 6) is 0.850. The molecule has 0 fully saturated rings. The third-order valence-electron chi connectivity index (χ3n) is 4.84. The number of thiazole rings is 1. The summed E-state index contributed by atoms with van der Waals surface area (Å²) in [4.78, 5) is 17.5. The molecule has 4 nitrogen and oxygen atoms in total. The van der Waals surface area contributed by atoms with Crippen molar-refractivity contribution < 1.29 is 9.53 Å². The van der Waals surface area contributed by atoms with Crippen molar-refractivity contribution >= 4 is 22.6 Å². The van der Waals surface area contributed by atoms with Crippen LogP contribution in [0.25, 0.3) is 27.5 Å². The number of hydrogen-bond acceptors (Lipinski definition) is 4. The van der Waals surface area contributed by atoms with E-state index < -0.39 is 0 Å². The van der Waals surface area contributed by atoms with Gasteiger partial charge in [0.25, 0.3) is 0 Å². The lowest BCUT2D eigenvalue weighted by Gasteiger charge is -2.07. The van der Waals surface area contributed by atoms with E-state index in [1.807, 2.05) is 41.0 Å². The molecule has 5 heteroatoms. The summed E-state index contributed by atoms with van der Waals surface area (Å²) >= 11 is 1.54. The molecule has 0 spiro atoms. The number of ether oxygens (including phenoxy) is 1. The van der Waals surface area contributed by atoms with Gasteiger partial charge in [-0.15, -0.1) is 11.3 Å². The molecule has 2 heterocycles. The van der Waals surface area contributed by atoms with Gasteiger partial charge in [-0.05, 0) is 48.2 Å². The Labute approximate surface area is 162 Å². The van der Waals surface area contributed by atoms with Gasteiger partial charge >= 0.3 is 0 Å².